The van der Waals surface area contributed by atoms with Crippen LogP contribution in [-0.4, -0.2) is 16.1 Å². The van der Waals surface area contributed by atoms with Gasteiger partial charge in [0.15, 0.2) is 0 Å². The maximum absolute atomic E-state index is 10.8. The summed E-state index contributed by atoms with van der Waals surface area (Å²) >= 11 is 0. The molecule has 1 heterocycles. The lowest BCUT2D eigenvalue weighted by molar-refractivity contribution is -0.136. The summed E-state index contributed by atoms with van der Waals surface area (Å²) in [6, 6.07) is 6.08. The summed E-state index contributed by atoms with van der Waals surface area (Å²) in [4.78, 5) is 14.1. The first-order chi connectivity index (χ1) is 7.61. The van der Waals surface area contributed by atoms with Gasteiger partial charge in [-0.25, -0.2) is 0 Å². The maximum Gasteiger partial charge on any atom is 0.307 e. The second kappa shape index (κ2) is 4.00. The highest BCUT2D eigenvalue weighted by atomic mass is 16.4. The van der Waals surface area contributed by atoms with Gasteiger partial charge in [0.2, 0.25) is 0 Å². The highest BCUT2D eigenvalue weighted by molar-refractivity contribution is 5.88. The molecule has 0 aliphatic rings. The molecule has 0 spiro atoms. The zero-order valence-electron chi connectivity index (χ0n) is 9.50. The van der Waals surface area contributed by atoms with E-state index in [1.165, 1.54) is 0 Å². The van der Waals surface area contributed by atoms with Crippen molar-refractivity contribution in [1.29, 1.82) is 0 Å². The largest absolute Gasteiger partial charge is 0.481 e. The van der Waals surface area contributed by atoms with Crippen molar-refractivity contribution in [3.63, 3.8) is 0 Å². The predicted octanol–water partition coefficient (Wildman–Crippen LogP) is 2.67. The van der Waals surface area contributed by atoms with Gasteiger partial charge in [0.05, 0.1) is 6.42 Å². The molecule has 1 aromatic carbocycles. The van der Waals surface area contributed by atoms with Crippen molar-refractivity contribution in [3.05, 3.63) is 35.0 Å². The van der Waals surface area contributed by atoms with Crippen LogP contribution in [0.2, 0.25) is 0 Å². The van der Waals surface area contributed by atoms with E-state index in [0.29, 0.717) is 0 Å². The molecule has 0 bridgehead atoms. The highest BCUT2D eigenvalue weighted by Gasteiger charge is 2.12. The van der Waals surface area contributed by atoms with E-state index in [4.69, 9.17) is 5.11 Å². The molecule has 0 radical (unpaired) electrons. The Hall–Kier alpha value is -1.77. The lowest BCUT2D eigenvalue weighted by Gasteiger charge is -1.99. The number of hydrogen-bond donors (Lipinski definition) is 2. The van der Waals surface area contributed by atoms with E-state index in [0.717, 1.165) is 34.1 Å². The number of carboxylic acid groups (broad SMARTS) is 1. The molecule has 84 valence electrons. The van der Waals surface area contributed by atoms with Crippen molar-refractivity contribution in [1.82, 2.24) is 4.98 Å². The molecule has 3 heteroatoms. The van der Waals surface area contributed by atoms with E-state index in [-0.39, 0.29) is 6.42 Å². The Kier molecular flexibility index (Phi) is 2.69. The van der Waals surface area contributed by atoms with Gasteiger partial charge in [-0.05, 0) is 31.0 Å². The molecule has 0 aliphatic heterocycles. The van der Waals surface area contributed by atoms with E-state index in [1.807, 2.05) is 32.0 Å². The number of carbonyl (C=O) groups is 1. The average molecular weight is 217 g/mol. The molecule has 3 nitrogen and oxygen atoms in total. The molecule has 0 saturated carbocycles. The van der Waals surface area contributed by atoms with Crippen LogP contribution in [0, 0.1) is 6.92 Å². The van der Waals surface area contributed by atoms with Gasteiger partial charge in [-0.15, -0.1) is 0 Å². The van der Waals surface area contributed by atoms with Crippen LogP contribution in [0.25, 0.3) is 10.9 Å². The molecule has 2 aromatic rings. The molecule has 0 saturated heterocycles. The van der Waals surface area contributed by atoms with Gasteiger partial charge in [0.25, 0.3) is 0 Å². The Balaban J connectivity index is 2.65. The SMILES string of the molecule is CCc1[nH]c2ccc(C)cc2c1CC(=O)O. The van der Waals surface area contributed by atoms with Crippen LogP contribution in [0.15, 0.2) is 18.2 Å². The molecule has 0 amide bonds. The van der Waals surface area contributed by atoms with Gasteiger partial charge in [0.1, 0.15) is 0 Å². The third-order valence-corrected chi connectivity index (χ3v) is 2.83. The molecule has 2 N–H and O–H groups in total. The van der Waals surface area contributed by atoms with Crippen molar-refractivity contribution in [2.75, 3.05) is 0 Å². The van der Waals surface area contributed by atoms with Crippen LogP contribution in [0.3, 0.4) is 0 Å². The summed E-state index contributed by atoms with van der Waals surface area (Å²) in [7, 11) is 0. The van der Waals surface area contributed by atoms with E-state index < -0.39 is 5.97 Å². The zero-order chi connectivity index (χ0) is 11.7. The molecule has 0 aliphatic carbocycles. The molecular formula is C13H15NO2. The first-order valence-corrected chi connectivity index (χ1v) is 5.43. The number of hydrogen-bond acceptors (Lipinski definition) is 1. The number of benzene rings is 1. The van der Waals surface area contributed by atoms with E-state index in [1.54, 1.807) is 0 Å². The smallest absolute Gasteiger partial charge is 0.307 e. The van der Waals surface area contributed by atoms with Crippen molar-refractivity contribution in [2.45, 2.75) is 26.7 Å². The molecule has 0 atom stereocenters. The number of H-pyrrole nitrogens is 1. The van der Waals surface area contributed by atoms with Gasteiger partial charge < -0.3 is 10.1 Å². The lowest BCUT2D eigenvalue weighted by atomic mass is 10.0. The number of aromatic amines is 1. The number of aromatic nitrogens is 1. The number of nitrogens with one attached hydrogen (secondary N) is 1. The zero-order valence-corrected chi connectivity index (χ0v) is 9.50. The fraction of sp³-hybridized carbons (Fsp3) is 0.308. The quantitative estimate of drug-likeness (QED) is 0.830. The first kappa shape index (κ1) is 10.7. The second-order valence-corrected chi connectivity index (χ2v) is 4.06. The number of aryl methyl sites for hydroxylation is 2. The van der Waals surface area contributed by atoms with E-state index >= 15 is 0 Å². The topological polar surface area (TPSA) is 53.1 Å². The van der Waals surface area contributed by atoms with Crippen molar-refractivity contribution < 1.29 is 9.90 Å². The highest BCUT2D eigenvalue weighted by Crippen LogP contribution is 2.24. The van der Waals surface area contributed by atoms with Crippen LogP contribution in [0.1, 0.15) is 23.7 Å². The Labute approximate surface area is 94.1 Å². The Morgan fingerprint density at radius 2 is 2.19 bits per heavy atom. The Bertz CT molecular complexity index is 540. The number of rotatable bonds is 3. The molecule has 16 heavy (non-hydrogen) atoms. The van der Waals surface area contributed by atoms with Gasteiger partial charge >= 0.3 is 5.97 Å². The minimum atomic E-state index is -0.780. The van der Waals surface area contributed by atoms with Crippen LogP contribution < -0.4 is 0 Å². The van der Waals surface area contributed by atoms with Crippen LogP contribution in [-0.2, 0) is 17.6 Å². The monoisotopic (exact) mass is 217 g/mol. The summed E-state index contributed by atoms with van der Waals surface area (Å²) < 4.78 is 0. The fourth-order valence-electron chi connectivity index (χ4n) is 2.07. The fourth-order valence-corrected chi connectivity index (χ4v) is 2.07. The van der Waals surface area contributed by atoms with Crippen molar-refractivity contribution >= 4 is 16.9 Å². The van der Waals surface area contributed by atoms with Crippen LogP contribution in [0.4, 0.5) is 0 Å². The molecular weight excluding hydrogens is 202 g/mol. The third kappa shape index (κ3) is 1.81. The van der Waals surface area contributed by atoms with Crippen LogP contribution >= 0.6 is 0 Å². The minimum Gasteiger partial charge on any atom is -0.481 e. The van der Waals surface area contributed by atoms with Crippen molar-refractivity contribution in [2.24, 2.45) is 0 Å². The third-order valence-electron chi connectivity index (χ3n) is 2.83. The minimum absolute atomic E-state index is 0.0899. The summed E-state index contributed by atoms with van der Waals surface area (Å²) in [5, 5.41) is 9.96. The summed E-state index contributed by atoms with van der Waals surface area (Å²) in [6.07, 6.45) is 0.920. The molecule has 0 fully saturated rings. The lowest BCUT2D eigenvalue weighted by Crippen LogP contribution is -2.02. The summed E-state index contributed by atoms with van der Waals surface area (Å²) in [5.74, 6) is -0.780. The first-order valence-electron chi connectivity index (χ1n) is 5.43. The number of aliphatic carboxylic acids is 1. The summed E-state index contributed by atoms with van der Waals surface area (Å²) in [6.45, 7) is 4.05. The Morgan fingerprint density at radius 1 is 1.44 bits per heavy atom. The second-order valence-electron chi connectivity index (χ2n) is 4.06. The van der Waals surface area contributed by atoms with Gasteiger partial charge in [0, 0.05) is 16.6 Å². The van der Waals surface area contributed by atoms with Gasteiger partial charge in [-0.2, -0.15) is 0 Å². The molecule has 0 unspecified atom stereocenters. The average Bonchev–Trinajstić information content (AvgIpc) is 2.56. The van der Waals surface area contributed by atoms with Gasteiger partial charge in [-0.3, -0.25) is 4.79 Å². The van der Waals surface area contributed by atoms with Crippen LogP contribution in [0.5, 0.6) is 0 Å². The summed E-state index contributed by atoms with van der Waals surface area (Å²) in [5.41, 5.74) is 4.14. The van der Waals surface area contributed by atoms with Gasteiger partial charge in [-0.1, -0.05) is 18.6 Å². The maximum atomic E-state index is 10.8. The predicted molar refractivity (Wildman–Crippen MR) is 63.8 cm³/mol. The molecule has 1 aromatic heterocycles. The normalized spacial score (nSPS) is 10.9. The molecule has 2 rings (SSSR count). The van der Waals surface area contributed by atoms with Crippen molar-refractivity contribution in [3.8, 4) is 0 Å². The number of carboxylic acids is 1. The Morgan fingerprint density at radius 3 is 2.81 bits per heavy atom. The van der Waals surface area contributed by atoms with E-state index in [9.17, 15) is 4.79 Å². The number of fused-ring (bicyclic) bond motifs is 1. The van der Waals surface area contributed by atoms with E-state index in [2.05, 4.69) is 4.98 Å². The standard InChI is InChI=1S/C13H15NO2/c1-3-11-10(7-13(15)16)9-6-8(2)4-5-12(9)14-11/h4-6,14H,3,7H2,1-2H3,(H,15,16).